The number of nitrogens with two attached hydrogens (primary N) is 1. The number of para-hydroxylation sites is 1. The highest BCUT2D eigenvalue weighted by molar-refractivity contribution is 7.89. The average Bonchev–Trinajstić information content (AvgIpc) is 2.98. The van der Waals surface area contributed by atoms with E-state index in [0.717, 1.165) is 23.7 Å². The molecular formula is C16H21N3O3S. The van der Waals surface area contributed by atoms with Crippen LogP contribution in [-0.4, -0.2) is 42.0 Å². The van der Waals surface area contributed by atoms with E-state index in [1.807, 2.05) is 24.4 Å². The van der Waals surface area contributed by atoms with E-state index in [1.165, 1.54) is 0 Å². The number of primary amides is 1. The van der Waals surface area contributed by atoms with Crippen LogP contribution in [-0.2, 0) is 10.0 Å². The molecule has 2 N–H and O–H groups in total. The molecule has 0 aliphatic carbocycles. The van der Waals surface area contributed by atoms with Crippen LogP contribution in [0.1, 0.15) is 36.2 Å². The van der Waals surface area contributed by atoms with Crippen molar-refractivity contribution >= 4 is 26.8 Å². The van der Waals surface area contributed by atoms with Gasteiger partial charge in [-0.25, -0.2) is 12.7 Å². The number of hydrogen-bond acceptors (Lipinski definition) is 3. The van der Waals surface area contributed by atoms with Gasteiger partial charge in [-0.05, 0) is 31.9 Å². The van der Waals surface area contributed by atoms with Gasteiger partial charge in [0, 0.05) is 30.7 Å². The lowest BCUT2D eigenvalue weighted by molar-refractivity contribution is 0.100. The number of amides is 1. The molecule has 0 saturated carbocycles. The van der Waals surface area contributed by atoms with Gasteiger partial charge in [0.25, 0.3) is 5.91 Å². The number of aromatic nitrogens is 1. The quantitative estimate of drug-likeness (QED) is 0.923. The smallest absolute Gasteiger partial charge is 0.250 e. The molecule has 0 spiro atoms. The first-order valence-corrected chi connectivity index (χ1v) is 9.42. The molecule has 3 rings (SSSR count). The summed E-state index contributed by atoms with van der Waals surface area (Å²) < 4.78 is 27.6. The van der Waals surface area contributed by atoms with Gasteiger partial charge in [-0.15, -0.1) is 0 Å². The molecule has 0 unspecified atom stereocenters. The van der Waals surface area contributed by atoms with Crippen molar-refractivity contribution in [3.63, 3.8) is 0 Å². The van der Waals surface area contributed by atoms with Crippen molar-refractivity contribution in [1.82, 2.24) is 8.87 Å². The lowest BCUT2D eigenvalue weighted by Crippen LogP contribution is -2.39. The lowest BCUT2D eigenvalue weighted by atomic mass is 10.1. The van der Waals surface area contributed by atoms with E-state index >= 15 is 0 Å². The third-order valence-electron chi connectivity index (χ3n) is 4.58. The van der Waals surface area contributed by atoms with Gasteiger partial charge in [0.15, 0.2) is 0 Å². The predicted molar refractivity (Wildman–Crippen MR) is 89.8 cm³/mol. The third kappa shape index (κ3) is 2.86. The number of carbonyl (C=O) groups is 1. The monoisotopic (exact) mass is 335 g/mol. The number of hydrogen-bond donors (Lipinski definition) is 1. The van der Waals surface area contributed by atoms with Gasteiger partial charge in [0.1, 0.15) is 0 Å². The SMILES string of the molecule is CCS(=O)(=O)N1CCC(n2ccc3cccc(C(N)=O)c32)CC1. The van der Waals surface area contributed by atoms with E-state index in [9.17, 15) is 13.2 Å². The van der Waals surface area contributed by atoms with Gasteiger partial charge in [0.05, 0.1) is 16.8 Å². The molecule has 0 atom stereocenters. The standard InChI is InChI=1S/C16H21N3O3S/c1-2-23(21,22)18-9-7-13(8-10-18)19-11-6-12-4-3-5-14(15(12)19)16(17)20/h3-6,11,13H,2,7-10H2,1H3,(H2,17,20). The van der Waals surface area contributed by atoms with Crippen LogP contribution >= 0.6 is 0 Å². The fraction of sp³-hybridized carbons (Fsp3) is 0.438. The molecule has 2 heterocycles. The highest BCUT2D eigenvalue weighted by atomic mass is 32.2. The van der Waals surface area contributed by atoms with Gasteiger partial charge in [-0.2, -0.15) is 0 Å². The molecule has 1 aliphatic heterocycles. The minimum Gasteiger partial charge on any atom is -0.366 e. The Morgan fingerprint density at radius 3 is 2.57 bits per heavy atom. The minimum absolute atomic E-state index is 0.135. The van der Waals surface area contributed by atoms with Gasteiger partial charge in [0.2, 0.25) is 10.0 Å². The summed E-state index contributed by atoms with van der Waals surface area (Å²) in [4.78, 5) is 11.7. The first-order chi connectivity index (χ1) is 10.9. The molecule has 124 valence electrons. The van der Waals surface area contributed by atoms with Gasteiger partial charge < -0.3 is 10.3 Å². The Kier molecular flexibility index (Phi) is 4.16. The number of piperidine rings is 1. The largest absolute Gasteiger partial charge is 0.366 e. The molecule has 6 nitrogen and oxygen atoms in total. The van der Waals surface area contributed by atoms with E-state index in [-0.39, 0.29) is 11.8 Å². The normalized spacial score (nSPS) is 17.6. The van der Waals surface area contributed by atoms with Crippen LogP contribution in [0.3, 0.4) is 0 Å². The van der Waals surface area contributed by atoms with Crippen molar-refractivity contribution in [2.45, 2.75) is 25.8 Å². The van der Waals surface area contributed by atoms with E-state index in [1.54, 1.807) is 17.3 Å². The minimum atomic E-state index is -3.13. The Bertz CT molecular complexity index is 833. The molecule has 1 saturated heterocycles. The summed E-state index contributed by atoms with van der Waals surface area (Å²) in [6, 6.07) is 7.66. The molecule has 2 aromatic rings. The second kappa shape index (κ2) is 5.98. The molecule has 23 heavy (non-hydrogen) atoms. The van der Waals surface area contributed by atoms with Crippen molar-refractivity contribution in [2.75, 3.05) is 18.8 Å². The zero-order valence-electron chi connectivity index (χ0n) is 13.1. The van der Waals surface area contributed by atoms with Crippen LogP contribution in [0.25, 0.3) is 10.9 Å². The first kappa shape index (κ1) is 16.0. The molecule has 1 aromatic heterocycles. The molecule has 0 bridgehead atoms. The Morgan fingerprint density at radius 1 is 1.26 bits per heavy atom. The third-order valence-corrected chi connectivity index (χ3v) is 6.46. The summed E-state index contributed by atoms with van der Waals surface area (Å²) in [6.07, 6.45) is 3.43. The van der Waals surface area contributed by atoms with Crippen LogP contribution in [0.2, 0.25) is 0 Å². The highest BCUT2D eigenvalue weighted by Crippen LogP contribution is 2.30. The second-order valence-corrected chi connectivity index (χ2v) is 8.12. The topological polar surface area (TPSA) is 85.4 Å². The van der Waals surface area contributed by atoms with Crippen LogP contribution in [0.5, 0.6) is 0 Å². The fourth-order valence-corrected chi connectivity index (χ4v) is 4.44. The van der Waals surface area contributed by atoms with E-state index < -0.39 is 15.9 Å². The summed E-state index contributed by atoms with van der Waals surface area (Å²) >= 11 is 0. The Morgan fingerprint density at radius 2 is 1.96 bits per heavy atom. The maximum Gasteiger partial charge on any atom is 0.250 e. The highest BCUT2D eigenvalue weighted by Gasteiger charge is 2.28. The summed E-state index contributed by atoms with van der Waals surface area (Å²) in [6.45, 7) is 2.69. The molecule has 7 heteroatoms. The number of nitrogens with zero attached hydrogens (tertiary/aromatic N) is 2. The molecule has 1 aromatic carbocycles. The Balaban J connectivity index is 1.90. The summed E-state index contributed by atoms with van der Waals surface area (Å²) in [7, 11) is -3.13. The molecule has 1 aliphatic rings. The lowest BCUT2D eigenvalue weighted by Gasteiger charge is -2.32. The van der Waals surface area contributed by atoms with Crippen molar-refractivity contribution in [3.8, 4) is 0 Å². The van der Waals surface area contributed by atoms with Crippen LogP contribution in [0.4, 0.5) is 0 Å². The molecule has 1 fully saturated rings. The summed E-state index contributed by atoms with van der Waals surface area (Å²) in [5.41, 5.74) is 6.85. The van der Waals surface area contributed by atoms with E-state index in [4.69, 9.17) is 5.73 Å². The Hall–Kier alpha value is -1.86. The zero-order chi connectivity index (χ0) is 16.6. The number of rotatable bonds is 4. The van der Waals surface area contributed by atoms with Crippen molar-refractivity contribution in [1.29, 1.82) is 0 Å². The molecule has 1 amide bonds. The van der Waals surface area contributed by atoms with Gasteiger partial charge in [-0.1, -0.05) is 12.1 Å². The zero-order valence-corrected chi connectivity index (χ0v) is 13.9. The van der Waals surface area contributed by atoms with Gasteiger partial charge in [-0.3, -0.25) is 4.79 Å². The summed E-state index contributed by atoms with van der Waals surface area (Å²) in [5.74, 6) is -0.308. The maximum absolute atomic E-state index is 12.0. The predicted octanol–water partition coefficient (Wildman–Crippen LogP) is 1.73. The van der Waals surface area contributed by atoms with Crippen molar-refractivity contribution in [2.24, 2.45) is 5.73 Å². The van der Waals surface area contributed by atoms with Crippen molar-refractivity contribution in [3.05, 3.63) is 36.0 Å². The number of sulfonamides is 1. The van der Waals surface area contributed by atoms with Crippen LogP contribution < -0.4 is 5.73 Å². The van der Waals surface area contributed by atoms with E-state index in [2.05, 4.69) is 4.57 Å². The first-order valence-electron chi connectivity index (χ1n) is 7.81. The van der Waals surface area contributed by atoms with Crippen LogP contribution in [0.15, 0.2) is 30.5 Å². The number of carbonyl (C=O) groups excluding carboxylic acids is 1. The fourth-order valence-electron chi connectivity index (χ4n) is 3.30. The van der Waals surface area contributed by atoms with Gasteiger partial charge >= 0.3 is 0 Å². The Labute approximate surface area is 135 Å². The number of fused-ring (bicyclic) bond motifs is 1. The van der Waals surface area contributed by atoms with Crippen molar-refractivity contribution < 1.29 is 13.2 Å². The summed E-state index contributed by atoms with van der Waals surface area (Å²) in [5, 5.41) is 0.977. The average molecular weight is 335 g/mol. The number of benzene rings is 1. The van der Waals surface area contributed by atoms with Crippen LogP contribution in [0, 0.1) is 0 Å². The molecular weight excluding hydrogens is 314 g/mol. The maximum atomic E-state index is 12.0. The molecule has 0 radical (unpaired) electrons. The second-order valence-electron chi connectivity index (χ2n) is 5.86. The van der Waals surface area contributed by atoms with E-state index in [0.29, 0.717) is 18.7 Å².